The highest BCUT2D eigenvalue weighted by atomic mass is 16.5. The quantitative estimate of drug-likeness (QED) is 0.926. The summed E-state index contributed by atoms with van der Waals surface area (Å²) in [4.78, 5) is 12.6. The Labute approximate surface area is 126 Å². The SMILES string of the molecule is CC1CCC(O)(C(=O)CC2CCOc3ccccc32)CC1. The Bertz CT molecular complexity index is 515. The molecule has 1 heterocycles. The number of ether oxygens (including phenoxy) is 1. The number of fused-ring (bicyclic) bond motifs is 1. The minimum Gasteiger partial charge on any atom is -0.493 e. The molecule has 21 heavy (non-hydrogen) atoms. The van der Waals surface area contributed by atoms with Crippen molar-refractivity contribution in [3.05, 3.63) is 29.8 Å². The number of benzene rings is 1. The first kappa shape index (κ1) is 14.6. The Morgan fingerprint density at radius 1 is 1.29 bits per heavy atom. The van der Waals surface area contributed by atoms with Crippen LogP contribution >= 0.6 is 0 Å². The van der Waals surface area contributed by atoms with Crippen molar-refractivity contribution in [1.29, 1.82) is 0 Å². The third-order valence-corrected chi connectivity index (χ3v) is 5.13. The monoisotopic (exact) mass is 288 g/mol. The first-order valence-corrected chi connectivity index (χ1v) is 8.06. The highest BCUT2D eigenvalue weighted by molar-refractivity contribution is 5.88. The van der Waals surface area contributed by atoms with Crippen molar-refractivity contribution in [2.75, 3.05) is 6.61 Å². The van der Waals surface area contributed by atoms with Gasteiger partial charge in [-0.1, -0.05) is 25.1 Å². The summed E-state index contributed by atoms with van der Waals surface area (Å²) < 4.78 is 5.65. The van der Waals surface area contributed by atoms with Crippen molar-refractivity contribution in [1.82, 2.24) is 0 Å². The van der Waals surface area contributed by atoms with Crippen LogP contribution in [-0.2, 0) is 4.79 Å². The Balaban J connectivity index is 1.71. The Morgan fingerprint density at radius 3 is 2.76 bits per heavy atom. The van der Waals surface area contributed by atoms with Crippen molar-refractivity contribution in [2.24, 2.45) is 5.92 Å². The molecule has 0 saturated heterocycles. The molecule has 1 saturated carbocycles. The van der Waals surface area contributed by atoms with Crippen molar-refractivity contribution in [3.8, 4) is 5.75 Å². The highest BCUT2D eigenvalue weighted by Crippen LogP contribution is 2.39. The van der Waals surface area contributed by atoms with Crippen molar-refractivity contribution < 1.29 is 14.6 Å². The maximum Gasteiger partial charge on any atom is 0.164 e. The van der Waals surface area contributed by atoms with E-state index < -0.39 is 5.60 Å². The predicted octanol–water partition coefficient (Wildman–Crippen LogP) is 3.45. The number of carbonyl (C=O) groups is 1. The van der Waals surface area contributed by atoms with Crippen LogP contribution in [0, 0.1) is 5.92 Å². The van der Waals surface area contributed by atoms with Crippen LogP contribution in [0.1, 0.15) is 56.9 Å². The van der Waals surface area contributed by atoms with E-state index in [0.29, 0.717) is 31.8 Å². The van der Waals surface area contributed by atoms with E-state index in [1.165, 1.54) is 0 Å². The first-order chi connectivity index (χ1) is 10.1. The van der Waals surface area contributed by atoms with Crippen LogP contribution in [0.3, 0.4) is 0 Å². The highest BCUT2D eigenvalue weighted by Gasteiger charge is 2.40. The van der Waals surface area contributed by atoms with Gasteiger partial charge in [0, 0.05) is 6.42 Å². The number of aliphatic hydroxyl groups is 1. The van der Waals surface area contributed by atoms with Crippen molar-refractivity contribution in [2.45, 2.75) is 57.0 Å². The van der Waals surface area contributed by atoms with Crippen molar-refractivity contribution in [3.63, 3.8) is 0 Å². The van der Waals surface area contributed by atoms with E-state index in [1.807, 2.05) is 24.3 Å². The Hall–Kier alpha value is -1.35. The lowest BCUT2D eigenvalue weighted by Gasteiger charge is -2.35. The first-order valence-electron chi connectivity index (χ1n) is 8.06. The molecule has 1 aromatic rings. The van der Waals surface area contributed by atoms with Gasteiger partial charge in [-0.15, -0.1) is 0 Å². The third kappa shape index (κ3) is 2.98. The second kappa shape index (κ2) is 5.80. The molecule has 0 aromatic heterocycles. The van der Waals surface area contributed by atoms with E-state index in [2.05, 4.69) is 6.92 Å². The Kier molecular flexibility index (Phi) is 4.03. The largest absolute Gasteiger partial charge is 0.493 e. The van der Waals surface area contributed by atoms with Gasteiger partial charge in [-0.3, -0.25) is 4.79 Å². The summed E-state index contributed by atoms with van der Waals surface area (Å²) >= 11 is 0. The van der Waals surface area contributed by atoms with Crippen LogP contribution in [0.15, 0.2) is 24.3 Å². The number of ketones is 1. The van der Waals surface area contributed by atoms with E-state index in [-0.39, 0.29) is 11.7 Å². The molecule has 1 aliphatic carbocycles. The van der Waals surface area contributed by atoms with E-state index >= 15 is 0 Å². The molecule has 1 fully saturated rings. The van der Waals surface area contributed by atoms with Crippen LogP contribution in [0.25, 0.3) is 0 Å². The molecule has 3 nitrogen and oxygen atoms in total. The second-order valence-corrected chi connectivity index (χ2v) is 6.71. The molecule has 114 valence electrons. The van der Waals surface area contributed by atoms with Gasteiger partial charge in [0.05, 0.1) is 6.61 Å². The lowest BCUT2D eigenvalue weighted by molar-refractivity contribution is -0.142. The summed E-state index contributed by atoms with van der Waals surface area (Å²) in [6, 6.07) is 7.95. The molecule has 1 aromatic carbocycles. The number of carbonyl (C=O) groups excluding carboxylic acids is 1. The van der Waals surface area contributed by atoms with E-state index in [9.17, 15) is 9.90 Å². The maximum atomic E-state index is 12.6. The fourth-order valence-corrected chi connectivity index (χ4v) is 3.56. The Morgan fingerprint density at radius 2 is 2.00 bits per heavy atom. The van der Waals surface area contributed by atoms with Gasteiger partial charge in [0.25, 0.3) is 0 Å². The van der Waals surface area contributed by atoms with Crippen LogP contribution in [0.2, 0.25) is 0 Å². The molecule has 0 bridgehead atoms. The topological polar surface area (TPSA) is 46.5 Å². The van der Waals surface area contributed by atoms with Gasteiger partial charge >= 0.3 is 0 Å². The smallest absolute Gasteiger partial charge is 0.164 e. The van der Waals surface area contributed by atoms with Gasteiger partial charge in [0.1, 0.15) is 11.4 Å². The lowest BCUT2D eigenvalue weighted by Crippen LogP contribution is -2.42. The molecule has 0 amide bonds. The number of hydrogen-bond donors (Lipinski definition) is 1. The number of hydrogen-bond acceptors (Lipinski definition) is 3. The van der Waals surface area contributed by atoms with Crippen LogP contribution in [0.5, 0.6) is 5.75 Å². The fraction of sp³-hybridized carbons (Fsp3) is 0.611. The fourth-order valence-electron chi connectivity index (χ4n) is 3.56. The molecular weight excluding hydrogens is 264 g/mol. The van der Waals surface area contributed by atoms with Crippen LogP contribution < -0.4 is 4.74 Å². The summed E-state index contributed by atoms with van der Waals surface area (Å²) in [6.45, 7) is 2.85. The zero-order valence-electron chi connectivity index (χ0n) is 12.7. The van der Waals surface area contributed by atoms with Gasteiger partial charge in [0.15, 0.2) is 5.78 Å². The lowest BCUT2D eigenvalue weighted by atomic mass is 9.74. The minimum absolute atomic E-state index is 0.0242. The van der Waals surface area contributed by atoms with E-state index in [4.69, 9.17) is 4.74 Å². The summed E-state index contributed by atoms with van der Waals surface area (Å²) in [7, 11) is 0. The zero-order chi connectivity index (χ0) is 14.9. The molecule has 1 aliphatic heterocycles. The van der Waals surface area contributed by atoms with Crippen LogP contribution in [-0.4, -0.2) is 23.1 Å². The molecule has 0 radical (unpaired) electrons. The molecule has 1 atom stereocenters. The summed E-state index contributed by atoms with van der Waals surface area (Å²) in [5.41, 5.74) is 0.0321. The van der Waals surface area contributed by atoms with Gasteiger partial charge in [0.2, 0.25) is 0 Å². The normalized spacial score (nSPS) is 32.1. The maximum absolute atomic E-state index is 12.6. The van der Waals surface area contributed by atoms with Gasteiger partial charge < -0.3 is 9.84 Å². The van der Waals surface area contributed by atoms with Crippen molar-refractivity contribution >= 4 is 5.78 Å². The molecule has 0 spiro atoms. The molecule has 2 aliphatic rings. The number of rotatable bonds is 3. The van der Waals surface area contributed by atoms with E-state index in [1.54, 1.807) is 0 Å². The average Bonchev–Trinajstić information content (AvgIpc) is 2.51. The number of para-hydroxylation sites is 1. The van der Waals surface area contributed by atoms with Gasteiger partial charge in [-0.25, -0.2) is 0 Å². The summed E-state index contributed by atoms with van der Waals surface area (Å²) in [6.07, 6.45) is 4.44. The predicted molar refractivity (Wildman–Crippen MR) is 81.5 cm³/mol. The molecule has 3 rings (SSSR count). The average molecular weight is 288 g/mol. The zero-order valence-corrected chi connectivity index (χ0v) is 12.7. The standard InChI is InChI=1S/C18H24O3/c1-13-6-9-18(20,10-7-13)17(19)12-14-8-11-21-16-5-3-2-4-15(14)16/h2-5,13-14,20H,6-12H2,1H3. The van der Waals surface area contributed by atoms with Gasteiger partial charge in [-0.2, -0.15) is 0 Å². The van der Waals surface area contributed by atoms with E-state index in [0.717, 1.165) is 30.6 Å². The third-order valence-electron chi connectivity index (χ3n) is 5.13. The summed E-state index contributed by atoms with van der Waals surface area (Å²) in [5.74, 6) is 1.73. The van der Waals surface area contributed by atoms with Crippen LogP contribution in [0.4, 0.5) is 0 Å². The second-order valence-electron chi connectivity index (χ2n) is 6.71. The molecular formula is C18H24O3. The summed E-state index contributed by atoms with van der Waals surface area (Å²) in [5, 5.41) is 10.7. The minimum atomic E-state index is -1.08. The molecule has 1 N–H and O–H groups in total. The van der Waals surface area contributed by atoms with Gasteiger partial charge in [-0.05, 0) is 55.6 Å². The number of Topliss-reactive ketones (excluding diaryl/α,β-unsaturated/α-hetero) is 1. The molecule has 1 unspecified atom stereocenters. The molecule has 3 heteroatoms.